The first-order chi connectivity index (χ1) is 11.9. The summed E-state index contributed by atoms with van der Waals surface area (Å²) in [6, 6.07) is 0.685. The molecule has 1 aromatic heterocycles. The molecule has 0 unspecified atom stereocenters. The van der Waals surface area contributed by atoms with Gasteiger partial charge in [-0.1, -0.05) is 12.8 Å². The van der Waals surface area contributed by atoms with Crippen molar-refractivity contribution in [2.45, 2.75) is 44.3 Å². The number of likely N-dealkylation sites (N-methyl/N-ethyl adjacent to an activating group) is 1. The predicted molar refractivity (Wildman–Crippen MR) is 110 cm³/mol. The quantitative estimate of drug-likeness (QED) is 0.339. The molecule has 0 amide bonds. The number of guanidine groups is 1. The van der Waals surface area contributed by atoms with Crippen LogP contribution in [0.15, 0.2) is 10.4 Å². The second-order valence-corrected chi connectivity index (χ2v) is 7.16. The number of halogens is 4. The molecule has 5 nitrogen and oxygen atoms in total. The van der Waals surface area contributed by atoms with Gasteiger partial charge < -0.3 is 15.5 Å². The lowest BCUT2D eigenvalue weighted by atomic mass is 10.2. The highest BCUT2D eigenvalue weighted by Gasteiger charge is 2.33. The van der Waals surface area contributed by atoms with Gasteiger partial charge in [-0.05, 0) is 19.9 Å². The fraction of sp³-hybridized carbons (Fsp3) is 0.750. The number of hydrogen-bond acceptors (Lipinski definition) is 4. The van der Waals surface area contributed by atoms with Gasteiger partial charge in [-0.3, -0.25) is 4.99 Å². The monoisotopic (exact) mass is 505 g/mol. The standard InChI is InChI=1S/C16H26F3N5S.HI/c1-20-15(22-9-10-24(2)12-5-3-4-6-12)21-8-7-14-23-13(11-25-14)16(17,18)19;/h11-12H,3-10H2,1-2H3,(H2,20,21,22);1H. The fourth-order valence-corrected chi connectivity index (χ4v) is 3.75. The molecule has 0 saturated heterocycles. The zero-order chi connectivity index (χ0) is 18.3. The van der Waals surface area contributed by atoms with Gasteiger partial charge in [0, 0.05) is 44.5 Å². The van der Waals surface area contributed by atoms with Crippen LogP contribution in [0.2, 0.25) is 0 Å². The number of aromatic nitrogens is 1. The van der Waals surface area contributed by atoms with E-state index in [1.807, 2.05) is 0 Å². The number of aliphatic imine (C=N–C) groups is 1. The van der Waals surface area contributed by atoms with Crippen LogP contribution in [0.4, 0.5) is 13.2 Å². The molecule has 1 heterocycles. The third-order valence-electron chi connectivity index (χ3n) is 4.40. The van der Waals surface area contributed by atoms with E-state index >= 15 is 0 Å². The van der Waals surface area contributed by atoms with Gasteiger partial charge in [-0.15, -0.1) is 35.3 Å². The maximum Gasteiger partial charge on any atom is 0.434 e. The summed E-state index contributed by atoms with van der Waals surface area (Å²) in [6.07, 6.45) is 1.25. The van der Waals surface area contributed by atoms with Crippen molar-refractivity contribution in [2.24, 2.45) is 4.99 Å². The molecule has 2 N–H and O–H groups in total. The van der Waals surface area contributed by atoms with Crippen molar-refractivity contribution in [1.29, 1.82) is 0 Å². The topological polar surface area (TPSA) is 52.6 Å². The van der Waals surface area contributed by atoms with E-state index in [9.17, 15) is 13.2 Å². The summed E-state index contributed by atoms with van der Waals surface area (Å²) in [4.78, 5) is 10.1. The summed E-state index contributed by atoms with van der Waals surface area (Å²) < 4.78 is 37.6. The number of nitrogens with zero attached hydrogens (tertiary/aromatic N) is 3. The van der Waals surface area contributed by atoms with Crippen molar-refractivity contribution >= 4 is 41.3 Å². The van der Waals surface area contributed by atoms with Crippen molar-refractivity contribution in [3.8, 4) is 0 Å². The minimum atomic E-state index is -4.37. The third-order valence-corrected chi connectivity index (χ3v) is 5.31. The van der Waals surface area contributed by atoms with Crippen LogP contribution in [-0.2, 0) is 12.6 Å². The summed E-state index contributed by atoms with van der Waals surface area (Å²) in [7, 11) is 3.83. The largest absolute Gasteiger partial charge is 0.434 e. The Kier molecular flexibility index (Phi) is 10.2. The van der Waals surface area contributed by atoms with Crippen LogP contribution in [0.1, 0.15) is 36.4 Å². The Morgan fingerprint density at radius 1 is 1.31 bits per heavy atom. The number of thiazole rings is 1. The average molecular weight is 505 g/mol. The highest BCUT2D eigenvalue weighted by Crippen LogP contribution is 2.30. The van der Waals surface area contributed by atoms with Gasteiger partial charge in [0.05, 0.1) is 5.01 Å². The Balaban J connectivity index is 0.00000338. The van der Waals surface area contributed by atoms with Crippen molar-refractivity contribution in [2.75, 3.05) is 33.7 Å². The summed E-state index contributed by atoms with van der Waals surface area (Å²) in [5.74, 6) is 0.660. The van der Waals surface area contributed by atoms with Gasteiger partial charge in [-0.2, -0.15) is 13.2 Å². The van der Waals surface area contributed by atoms with Crippen LogP contribution in [0, 0.1) is 0 Å². The summed E-state index contributed by atoms with van der Waals surface area (Å²) in [5.41, 5.74) is -0.815. The molecule has 0 aliphatic heterocycles. The lowest BCUT2D eigenvalue weighted by Gasteiger charge is -2.24. The van der Waals surface area contributed by atoms with Crippen LogP contribution in [0.3, 0.4) is 0 Å². The molecule has 0 spiro atoms. The zero-order valence-electron chi connectivity index (χ0n) is 15.1. The Hall–Kier alpha value is -0.620. The third kappa shape index (κ3) is 7.55. The van der Waals surface area contributed by atoms with Gasteiger partial charge in [0.15, 0.2) is 11.7 Å². The number of alkyl halides is 3. The molecule has 1 aromatic rings. The maximum atomic E-state index is 12.5. The Labute approximate surface area is 173 Å². The molecule has 150 valence electrons. The van der Waals surface area contributed by atoms with E-state index in [4.69, 9.17) is 0 Å². The van der Waals surface area contributed by atoms with Crippen molar-refractivity contribution in [1.82, 2.24) is 20.5 Å². The smallest absolute Gasteiger partial charge is 0.356 e. The van der Waals surface area contributed by atoms with Gasteiger partial charge in [-0.25, -0.2) is 4.98 Å². The van der Waals surface area contributed by atoms with Gasteiger partial charge in [0.1, 0.15) is 0 Å². The van der Waals surface area contributed by atoms with E-state index in [2.05, 4.69) is 32.6 Å². The van der Waals surface area contributed by atoms with E-state index in [0.717, 1.165) is 29.8 Å². The van der Waals surface area contributed by atoms with E-state index in [1.54, 1.807) is 7.05 Å². The van der Waals surface area contributed by atoms with Gasteiger partial charge >= 0.3 is 6.18 Å². The second kappa shape index (κ2) is 11.3. The van der Waals surface area contributed by atoms with Crippen LogP contribution >= 0.6 is 35.3 Å². The van der Waals surface area contributed by atoms with Crippen LogP contribution in [-0.4, -0.2) is 55.6 Å². The summed E-state index contributed by atoms with van der Waals surface area (Å²) >= 11 is 1.03. The molecule has 1 aliphatic rings. The molecule has 0 radical (unpaired) electrons. The van der Waals surface area contributed by atoms with E-state index in [-0.39, 0.29) is 24.0 Å². The maximum absolute atomic E-state index is 12.5. The van der Waals surface area contributed by atoms with E-state index < -0.39 is 11.9 Å². The van der Waals surface area contributed by atoms with E-state index in [1.165, 1.54) is 25.7 Å². The minimum Gasteiger partial charge on any atom is -0.356 e. The summed E-state index contributed by atoms with van der Waals surface area (Å²) in [5, 5.41) is 7.88. The molecule has 10 heteroatoms. The highest BCUT2D eigenvalue weighted by molar-refractivity contribution is 14.0. The van der Waals surface area contributed by atoms with Gasteiger partial charge in [0.2, 0.25) is 0 Å². The lowest BCUT2D eigenvalue weighted by molar-refractivity contribution is -0.140. The van der Waals surface area contributed by atoms with E-state index in [0.29, 0.717) is 30.0 Å². The second-order valence-electron chi connectivity index (χ2n) is 6.22. The molecule has 2 rings (SSSR count). The predicted octanol–water partition coefficient (Wildman–Crippen LogP) is 3.36. The molecule has 0 bridgehead atoms. The highest BCUT2D eigenvalue weighted by atomic mass is 127. The lowest BCUT2D eigenvalue weighted by Crippen LogP contribution is -2.43. The zero-order valence-corrected chi connectivity index (χ0v) is 18.3. The Morgan fingerprint density at radius 3 is 2.54 bits per heavy atom. The number of rotatable bonds is 7. The first-order valence-electron chi connectivity index (χ1n) is 8.56. The molecule has 1 fully saturated rings. The normalized spacial score (nSPS) is 16.0. The number of nitrogens with one attached hydrogen (secondary N) is 2. The molecule has 26 heavy (non-hydrogen) atoms. The van der Waals surface area contributed by atoms with Crippen molar-refractivity contribution < 1.29 is 13.2 Å². The molecular weight excluding hydrogens is 478 g/mol. The molecule has 1 aliphatic carbocycles. The molecule has 0 atom stereocenters. The minimum absolute atomic E-state index is 0. The van der Waals surface area contributed by atoms with Crippen molar-refractivity contribution in [3.63, 3.8) is 0 Å². The first-order valence-corrected chi connectivity index (χ1v) is 9.44. The molecule has 0 aromatic carbocycles. The SMILES string of the molecule is CN=C(NCCc1nc(C(F)(F)F)cs1)NCCN(C)C1CCCC1.I. The number of hydrogen-bond donors (Lipinski definition) is 2. The van der Waals surface area contributed by atoms with Gasteiger partial charge in [0.25, 0.3) is 0 Å². The Morgan fingerprint density at radius 2 is 1.96 bits per heavy atom. The van der Waals surface area contributed by atoms with Crippen LogP contribution in [0.5, 0.6) is 0 Å². The van der Waals surface area contributed by atoms with Crippen LogP contribution < -0.4 is 10.6 Å². The van der Waals surface area contributed by atoms with Crippen LogP contribution in [0.25, 0.3) is 0 Å². The van der Waals surface area contributed by atoms with Crippen molar-refractivity contribution in [3.05, 3.63) is 16.1 Å². The summed E-state index contributed by atoms with van der Waals surface area (Å²) in [6.45, 7) is 2.21. The average Bonchev–Trinajstić information content (AvgIpc) is 3.24. The molecule has 1 saturated carbocycles. The molecular formula is C16H27F3IN5S. The fourth-order valence-electron chi connectivity index (χ4n) is 2.94. The Bertz CT molecular complexity index is 558. The first kappa shape index (κ1) is 23.4.